The van der Waals surface area contributed by atoms with Crippen LogP contribution >= 0.6 is 11.8 Å². The molecule has 2 aliphatic heterocycles. The molecule has 4 nitrogen and oxygen atoms in total. The summed E-state index contributed by atoms with van der Waals surface area (Å²) in [6.45, 7) is 2.65. The van der Waals surface area contributed by atoms with Gasteiger partial charge in [-0.25, -0.2) is 8.42 Å². The zero-order chi connectivity index (χ0) is 14.2. The van der Waals surface area contributed by atoms with Crippen molar-refractivity contribution >= 4 is 21.6 Å². The van der Waals surface area contributed by atoms with Gasteiger partial charge in [0, 0.05) is 16.9 Å². The van der Waals surface area contributed by atoms with Crippen molar-refractivity contribution in [2.75, 3.05) is 25.9 Å². The van der Waals surface area contributed by atoms with Gasteiger partial charge >= 0.3 is 0 Å². The normalized spacial score (nSPS) is 25.4. The van der Waals surface area contributed by atoms with Crippen molar-refractivity contribution in [1.29, 1.82) is 0 Å². The summed E-state index contributed by atoms with van der Waals surface area (Å²) in [6.07, 6.45) is 3.79. The van der Waals surface area contributed by atoms with E-state index < -0.39 is 15.2 Å². The van der Waals surface area contributed by atoms with E-state index >= 15 is 0 Å². The maximum absolute atomic E-state index is 13.0. The van der Waals surface area contributed by atoms with Crippen LogP contribution in [0.15, 0.2) is 34.1 Å². The Hall–Kier alpha value is -0.560. The molecule has 6 heteroatoms. The van der Waals surface area contributed by atoms with E-state index in [2.05, 4.69) is 10.6 Å². The van der Waals surface area contributed by atoms with Gasteiger partial charge in [0.1, 0.15) is 5.37 Å². The smallest absolute Gasteiger partial charge is 0.195 e. The Morgan fingerprint density at radius 1 is 1.25 bits per heavy atom. The van der Waals surface area contributed by atoms with E-state index in [1.165, 1.54) is 11.8 Å². The molecule has 1 spiro atoms. The van der Waals surface area contributed by atoms with Crippen molar-refractivity contribution in [3.05, 3.63) is 24.3 Å². The molecular formula is C14H20N2O2S2. The average molecular weight is 312 g/mol. The third-order valence-corrected chi connectivity index (χ3v) is 7.66. The first kappa shape index (κ1) is 14.4. The molecule has 1 unspecified atom stereocenters. The second-order valence-corrected chi connectivity index (χ2v) is 8.42. The number of benzene rings is 1. The van der Waals surface area contributed by atoms with Gasteiger partial charge < -0.3 is 5.32 Å². The van der Waals surface area contributed by atoms with Crippen LogP contribution in [0.1, 0.15) is 12.8 Å². The Morgan fingerprint density at radius 3 is 2.55 bits per heavy atom. The molecule has 110 valence electrons. The molecule has 1 aromatic carbocycles. The van der Waals surface area contributed by atoms with Gasteiger partial charge in [0.15, 0.2) is 9.84 Å². The molecule has 0 radical (unpaired) electrons. The highest BCUT2D eigenvalue weighted by Gasteiger charge is 2.54. The summed E-state index contributed by atoms with van der Waals surface area (Å²) in [7, 11) is -3.31. The lowest BCUT2D eigenvalue weighted by atomic mass is 9.73. The summed E-state index contributed by atoms with van der Waals surface area (Å²) < 4.78 is 25.9. The van der Waals surface area contributed by atoms with Gasteiger partial charge in [-0.15, -0.1) is 11.8 Å². The average Bonchev–Trinajstić information content (AvgIpc) is 2.46. The molecule has 2 aliphatic rings. The number of hydrogen-bond donors (Lipinski definition) is 2. The maximum Gasteiger partial charge on any atom is 0.195 e. The molecule has 2 saturated heterocycles. The number of thioether (sulfide) groups is 1. The highest BCUT2D eigenvalue weighted by molar-refractivity contribution is 7.99. The fourth-order valence-electron chi connectivity index (χ4n) is 3.26. The summed E-state index contributed by atoms with van der Waals surface area (Å²) in [6, 6.07) is 7.31. The Balaban J connectivity index is 1.96. The Labute approximate surface area is 124 Å². The van der Waals surface area contributed by atoms with Gasteiger partial charge in [-0.05, 0) is 44.3 Å². The standard InChI is InChI=1S/C14H20N2O2S2/c1-19-11-4-2-3-5-12(11)20(17,18)13-14(10-16-13)6-8-15-9-7-14/h2-5,13,15-16H,6-10H2,1H3. The highest BCUT2D eigenvalue weighted by Crippen LogP contribution is 2.44. The molecule has 2 N–H and O–H groups in total. The van der Waals surface area contributed by atoms with E-state index in [0.717, 1.165) is 37.4 Å². The molecule has 0 aliphatic carbocycles. The lowest BCUT2D eigenvalue weighted by Gasteiger charge is -2.52. The molecule has 2 heterocycles. The van der Waals surface area contributed by atoms with Crippen molar-refractivity contribution < 1.29 is 8.42 Å². The molecule has 0 aromatic heterocycles. The van der Waals surface area contributed by atoms with E-state index in [-0.39, 0.29) is 5.41 Å². The van der Waals surface area contributed by atoms with Crippen LogP contribution in [0.4, 0.5) is 0 Å². The first-order valence-electron chi connectivity index (χ1n) is 6.91. The Morgan fingerprint density at radius 2 is 1.95 bits per heavy atom. The lowest BCUT2D eigenvalue weighted by Crippen LogP contribution is -2.68. The van der Waals surface area contributed by atoms with E-state index in [1.54, 1.807) is 12.1 Å². The lowest BCUT2D eigenvalue weighted by molar-refractivity contribution is 0.0892. The largest absolute Gasteiger partial charge is 0.317 e. The second kappa shape index (κ2) is 5.33. The van der Waals surface area contributed by atoms with Crippen molar-refractivity contribution in [3.8, 4) is 0 Å². The first-order chi connectivity index (χ1) is 9.60. The zero-order valence-electron chi connectivity index (χ0n) is 11.6. The fraction of sp³-hybridized carbons (Fsp3) is 0.571. The summed E-state index contributed by atoms with van der Waals surface area (Å²) >= 11 is 1.49. The minimum atomic E-state index is -3.31. The third kappa shape index (κ3) is 2.19. The van der Waals surface area contributed by atoms with E-state index in [0.29, 0.717) is 4.90 Å². The van der Waals surface area contributed by atoms with Gasteiger partial charge in [0.2, 0.25) is 0 Å². The number of hydrogen-bond acceptors (Lipinski definition) is 5. The van der Waals surface area contributed by atoms with Crippen LogP contribution in [-0.4, -0.2) is 39.7 Å². The quantitative estimate of drug-likeness (QED) is 0.828. The van der Waals surface area contributed by atoms with Crippen LogP contribution in [0.5, 0.6) is 0 Å². The summed E-state index contributed by atoms with van der Waals surface area (Å²) in [5.41, 5.74) is -0.0738. The predicted molar refractivity (Wildman–Crippen MR) is 81.7 cm³/mol. The van der Waals surface area contributed by atoms with Gasteiger partial charge in [-0.2, -0.15) is 0 Å². The summed E-state index contributed by atoms with van der Waals surface area (Å²) in [5.74, 6) is 0. The molecular weight excluding hydrogens is 292 g/mol. The number of nitrogens with one attached hydrogen (secondary N) is 2. The van der Waals surface area contributed by atoms with Gasteiger partial charge in [0.25, 0.3) is 0 Å². The molecule has 1 aromatic rings. The Kier molecular flexibility index (Phi) is 3.83. The fourth-order valence-corrected chi connectivity index (χ4v) is 6.49. The second-order valence-electron chi connectivity index (χ2n) is 5.57. The van der Waals surface area contributed by atoms with E-state index in [4.69, 9.17) is 0 Å². The molecule has 3 rings (SSSR count). The monoisotopic (exact) mass is 312 g/mol. The van der Waals surface area contributed by atoms with Crippen LogP contribution in [0.2, 0.25) is 0 Å². The SMILES string of the molecule is CSc1ccccc1S(=O)(=O)C1NCC12CCNCC2. The number of sulfone groups is 1. The van der Waals surface area contributed by atoms with Crippen LogP contribution in [0.3, 0.4) is 0 Å². The maximum atomic E-state index is 13.0. The molecule has 2 fully saturated rings. The number of rotatable bonds is 3. The highest BCUT2D eigenvalue weighted by atomic mass is 32.2. The minimum Gasteiger partial charge on any atom is -0.317 e. The van der Waals surface area contributed by atoms with Crippen molar-refractivity contribution in [1.82, 2.24) is 10.6 Å². The first-order valence-corrected chi connectivity index (χ1v) is 9.68. The van der Waals surface area contributed by atoms with Crippen molar-refractivity contribution in [2.24, 2.45) is 5.41 Å². The molecule has 0 bridgehead atoms. The van der Waals surface area contributed by atoms with Gasteiger partial charge in [-0.1, -0.05) is 12.1 Å². The number of piperidine rings is 1. The predicted octanol–water partition coefficient (Wildman–Crippen LogP) is 1.48. The molecule has 0 amide bonds. The van der Waals surface area contributed by atoms with Gasteiger partial charge in [-0.3, -0.25) is 5.32 Å². The van der Waals surface area contributed by atoms with Crippen LogP contribution in [-0.2, 0) is 9.84 Å². The third-order valence-electron chi connectivity index (χ3n) is 4.48. The summed E-state index contributed by atoms with van der Waals surface area (Å²) in [4.78, 5) is 1.31. The van der Waals surface area contributed by atoms with Crippen LogP contribution in [0, 0.1) is 5.41 Å². The Bertz CT molecular complexity index is 595. The van der Waals surface area contributed by atoms with Crippen LogP contribution < -0.4 is 10.6 Å². The topological polar surface area (TPSA) is 58.2 Å². The van der Waals surface area contributed by atoms with E-state index in [1.807, 2.05) is 18.4 Å². The van der Waals surface area contributed by atoms with Crippen molar-refractivity contribution in [2.45, 2.75) is 28.0 Å². The van der Waals surface area contributed by atoms with Gasteiger partial charge in [0.05, 0.1) is 4.90 Å². The molecule has 1 atom stereocenters. The molecule has 0 saturated carbocycles. The zero-order valence-corrected chi connectivity index (χ0v) is 13.2. The summed E-state index contributed by atoms with van der Waals surface area (Å²) in [5, 5.41) is 6.06. The van der Waals surface area contributed by atoms with E-state index in [9.17, 15) is 8.42 Å². The van der Waals surface area contributed by atoms with Crippen LogP contribution in [0.25, 0.3) is 0 Å². The van der Waals surface area contributed by atoms with Crippen molar-refractivity contribution in [3.63, 3.8) is 0 Å². The molecule has 20 heavy (non-hydrogen) atoms. The minimum absolute atomic E-state index is 0.0738.